The van der Waals surface area contributed by atoms with E-state index in [9.17, 15) is 4.79 Å². The van der Waals surface area contributed by atoms with Gasteiger partial charge in [-0.3, -0.25) is 9.78 Å². The number of aromatic nitrogens is 1. The largest absolute Gasteiger partial charge is 0.287 e. The van der Waals surface area contributed by atoms with E-state index in [1.54, 1.807) is 30.3 Å². The molecule has 0 fully saturated rings. The Labute approximate surface area is 103 Å². The zero-order valence-electron chi connectivity index (χ0n) is 8.15. The molecule has 0 unspecified atom stereocenters. The molecule has 0 bridgehead atoms. The third-order valence-electron chi connectivity index (χ3n) is 2.09. The topological polar surface area (TPSA) is 30.0 Å². The van der Waals surface area contributed by atoms with Gasteiger partial charge in [0.1, 0.15) is 5.69 Å². The molecule has 0 saturated carbocycles. The van der Waals surface area contributed by atoms with Crippen molar-refractivity contribution in [2.45, 2.75) is 0 Å². The standard InChI is InChI=1S/C12H7Cl2NO/c13-9-6-7-15-11(10(9)14)12(16)8-4-2-1-3-5-8/h1-7H. The highest BCUT2D eigenvalue weighted by atomic mass is 35.5. The van der Waals surface area contributed by atoms with Gasteiger partial charge in [0.15, 0.2) is 0 Å². The Balaban J connectivity index is 2.46. The van der Waals surface area contributed by atoms with E-state index in [1.807, 2.05) is 6.07 Å². The van der Waals surface area contributed by atoms with Crippen molar-refractivity contribution in [3.8, 4) is 0 Å². The average molecular weight is 252 g/mol. The Bertz CT molecular complexity index is 526. The Kier molecular flexibility index (Phi) is 3.22. The first-order valence-corrected chi connectivity index (χ1v) is 5.35. The first kappa shape index (κ1) is 11.1. The van der Waals surface area contributed by atoms with Crippen LogP contribution >= 0.6 is 23.2 Å². The second-order valence-corrected chi connectivity index (χ2v) is 3.94. The quantitative estimate of drug-likeness (QED) is 0.764. The van der Waals surface area contributed by atoms with Gasteiger partial charge in [0.25, 0.3) is 0 Å². The molecule has 2 rings (SSSR count). The number of benzene rings is 1. The summed E-state index contributed by atoms with van der Waals surface area (Å²) in [4.78, 5) is 16.0. The number of hydrogen-bond donors (Lipinski definition) is 0. The maximum absolute atomic E-state index is 12.0. The van der Waals surface area contributed by atoms with Crippen LogP contribution in [0.5, 0.6) is 0 Å². The number of hydrogen-bond acceptors (Lipinski definition) is 2. The number of pyridine rings is 1. The van der Waals surface area contributed by atoms with Crippen molar-refractivity contribution < 1.29 is 4.79 Å². The van der Waals surface area contributed by atoms with Crippen LogP contribution in [-0.4, -0.2) is 10.8 Å². The van der Waals surface area contributed by atoms with Crippen LogP contribution in [0.1, 0.15) is 16.1 Å². The van der Waals surface area contributed by atoms with E-state index in [4.69, 9.17) is 23.2 Å². The highest BCUT2D eigenvalue weighted by molar-refractivity contribution is 6.44. The first-order chi connectivity index (χ1) is 7.70. The smallest absolute Gasteiger partial charge is 0.212 e. The van der Waals surface area contributed by atoms with E-state index in [-0.39, 0.29) is 16.5 Å². The molecule has 0 spiro atoms. The zero-order valence-corrected chi connectivity index (χ0v) is 9.66. The van der Waals surface area contributed by atoms with Gasteiger partial charge in [-0.25, -0.2) is 0 Å². The summed E-state index contributed by atoms with van der Waals surface area (Å²) < 4.78 is 0. The SMILES string of the molecule is O=C(c1ccccc1)c1nccc(Cl)c1Cl. The Hall–Kier alpha value is -1.38. The van der Waals surface area contributed by atoms with Gasteiger partial charge in [-0.05, 0) is 6.07 Å². The lowest BCUT2D eigenvalue weighted by Gasteiger charge is -2.03. The van der Waals surface area contributed by atoms with E-state index in [2.05, 4.69) is 4.98 Å². The molecule has 2 aromatic rings. The molecule has 2 nitrogen and oxygen atoms in total. The van der Waals surface area contributed by atoms with E-state index in [0.29, 0.717) is 10.6 Å². The molecule has 0 atom stereocenters. The highest BCUT2D eigenvalue weighted by Crippen LogP contribution is 2.25. The summed E-state index contributed by atoms with van der Waals surface area (Å²) >= 11 is 11.7. The number of carbonyl (C=O) groups excluding carboxylic acids is 1. The van der Waals surface area contributed by atoms with Gasteiger partial charge in [0, 0.05) is 11.8 Å². The summed E-state index contributed by atoms with van der Waals surface area (Å²) in [6.45, 7) is 0. The minimum absolute atomic E-state index is 0.181. The number of nitrogens with zero attached hydrogens (tertiary/aromatic N) is 1. The number of halogens is 2. The van der Waals surface area contributed by atoms with Crippen molar-refractivity contribution in [1.82, 2.24) is 4.98 Å². The van der Waals surface area contributed by atoms with E-state index < -0.39 is 0 Å². The second kappa shape index (κ2) is 4.64. The highest BCUT2D eigenvalue weighted by Gasteiger charge is 2.15. The van der Waals surface area contributed by atoms with E-state index in [1.165, 1.54) is 6.20 Å². The van der Waals surface area contributed by atoms with Gasteiger partial charge in [-0.15, -0.1) is 0 Å². The normalized spacial score (nSPS) is 10.1. The van der Waals surface area contributed by atoms with Gasteiger partial charge in [0.05, 0.1) is 10.0 Å². The van der Waals surface area contributed by atoms with Crippen molar-refractivity contribution in [1.29, 1.82) is 0 Å². The molecule has 0 aliphatic carbocycles. The summed E-state index contributed by atoms with van der Waals surface area (Å²) in [5.74, 6) is -0.229. The minimum Gasteiger partial charge on any atom is -0.287 e. The van der Waals surface area contributed by atoms with Crippen LogP contribution in [0.2, 0.25) is 10.0 Å². The van der Waals surface area contributed by atoms with Crippen LogP contribution in [0.3, 0.4) is 0 Å². The fourth-order valence-corrected chi connectivity index (χ4v) is 1.65. The fraction of sp³-hybridized carbons (Fsp3) is 0. The summed E-state index contributed by atoms with van der Waals surface area (Å²) in [5, 5.41) is 0.522. The van der Waals surface area contributed by atoms with Crippen molar-refractivity contribution >= 4 is 29.0 Å². The molecular formula is C12H7Cl2NO. The zero-order chi connectivity index (χ0) is 11.5. The molecule has 0 radical (unpaired) electrons. The molecule has 80 valence electrons. The molecule has 4 heteroatoms. The molecule has 0 N–H and O–H groups in total. The van der Waals surface area contributed by atoms with Crippen molar-refractivity contribution in [2.24, 2.45) is 0 Å². The molecule has 1 aromatic carbocycles. The molecule has 1 heterocycles. The van der Waals surface area contributed by atoms with Gasteiger partial charge in [-0.1, -0.05) is 53.5 Å². The Morgan fingerprint density at radius 2 is 1.75 bits per heavy atom. The van der Waals surface area contributed by atoms with Crippen molar-refractivity contribution in [3.63, 3.8) is 0 Å². The maximum Gasteiger partial charge on any atom is 0.212 e. The van der Waals surface area contributed by atoms with Gasteiger partial charge < -0.3 is 0 Å². The lowest BCUT2D eigenvalue weighted by molar-refractivity contribution is 0.103. The number of carbonyl (C=O) groups is 1. The molecule has 16 heavy (non-hydrogen) atoms. The summed E-state index contributed by atoms with van der Waals surface area (Å²) in [6.07, 6.45) is 1.46. The van der Waals surface area contributed by atoms with Crippen LogP contribution < -0.4 is 0 Å². The van der Waals surface area contributed by atoms with Crippen LogP contribution in [0.15, 0.2) is 42.6 Å². The maximum atomic E-state index is 12.0. The van der Waals surface area contributed by atoms with Crippen LogP contribution in [0, 0.1) is 0 Å². The molecular weight excluding hydrogens is 245 g/mol. The molecule has 0 aliphatic heterocycles. The monoisotopic (exact) mass is 251 g/mol. The van der Waals surface area contributed by atoms with Crippen LogP contribution in [0.4, 0.5) is 0 Å². The van der Waals surface area contributed by atoms with Crippen molar-refractivity contribution in [3.05, 3.63) is 63.9 Å². The first-order valence-electron chi connectivity index (χ1n) is 4.60. The third kappa shape index (κ3) is 2.08. The number of rotatable bonds is 2. The fourth-order valence-electron chi connectivity index (χ4n) is 1.30. The molecule has 0 amide bonds. The predicted octanol–water partition coefficient (Wildman–Crippen LogP) is 3.62. The second-order valence-electron chi connectivity index (χ2n) is 3.15. The van der Waals surface area contributed by atoms with Crippen molar-refractivity contribution in [2.75, 3.05) is 0 Å². The molecule has 1 aromatic heterocycles. The molecule has 0 aliphatic rings. The Morgan fingerprint density at radius 1 is 1.06 bits per heavy atom. The van der Waals surface area contributed by atoms with Gasteiger partial charge >= 0.3 is 0 Å². The van der Waals surface area contributed by atoms with E-state index in [0.717, 1.165) is 0 Å². The van der Waals surface area contributed by atoms with E-state index >= 15 is 0 Å². The van der Waals surface area contributed by atoms with Gasteiger partial charge in [0.2, 0.25) is 5.78 Å². The average Bonchev–Trinajstić information content (AvgIpc) is 2.33. The predicted molar refractivity (Wildman–Crippen MR) is 64.1 cm³/mol. The lowest BCUT2D eigenvalue weighted by Crippen LogP contribution is -2.04. The third-order valence-corrected chi connectivity index (χ3v) is 2.89. The van der Waals surface area contributed by atoms with Gasteiger partial charge in [-0.2, -0.15) is 0 Å². The summed E-state index contributed by atoms with van der Waals surface area (Å²) in [6, 6.07) is 10.4. The Morgan fingerprint density at radius 3 is 2.44 bits per heavy atom. The number of ketones is 1. The lowest BCUT2D eigenvalue weighted by atomic mass is 10.1. The van der Waals surface area contributed by atoms with Crippen LogP contribution in [-0.2, 0) is 0 Å². The molecule has 0 saturated heterocycles. The van der Waals surface area contributed by atoms with Crippen LogP contribution in [0.25, 0.3) is 0 Å². The minimum atomic E-state index is -0.229. The summed E-state index contributed by atoms with van der Waals surface area (Å²) in [5.41, 5.74) is 0.722. The summed E-state index contributed by atoms with van der Waals surface area (Å²) in [7, 11) is 0.